The number of carbonyl (C=O) groups excluding carboxylic acids is 1. The molecule has 1 amide bonds. The highest BCUT2D eigenvalue weighted by Gasteiger charge is 2.03. The molecule has 0 fully saturated rings. The van der Waals surface area contributed by atoms with Crippen molar-refractivity contribution in [2.24, 2.45) is 4.99 Å². The fourth-order valence-electron chi connectivity index (χ4n) is 1.73. The zero-order chi connectivity index (χ0) is 14.8. The van der Waals surface area contributed by atoms with E-state index in [0.29, 0.717) is 18.7 Å². The van der Waals surface area contributed by atoms with Gasteiger partial charge in [-0.25, -0.2) is 0 Å². The lowest BCUT2D eigenvalue weighted by atomic mass is 10.1. The second kappa shape index (κ2) is 11.4. The van der Waals surface area contributed by atoms with E-state index in [9.17, 15) is 4.79 Å². The minimum atomic E-state index is -0.0580. The zero-order valence-corrected chi connectivity index (χ0v) is 15.2. The minimum Gasteiger partial charge on any atom is -0.357 e. The summed E-state index contributed by atoms with van der Waals surface area (Å²) < 4.78 is 0. The topological polar surface area (TPSA) is 65.5 Å². The van der Waals surface area contributed by atoms with Crippen LogP contribution < -0.4 is 16.0 Å². The van der Waals surface area contributed by atoms with Crippen molar-refractivity contribution in [3.05, 3.63) is 35.4 Å². The van der Waals surface area contributed by atoms with Crippen LogP contribution in [0.25, 0.3) is 0 Å². The molecule has 1 aromatic carbocycles. The number of hydrogen-bond acceptors (Lipinski definition) is 2. The van der Waals surface area contributed by atoms with Gasteiger partial charge in [-0.3, -0.25) is 9.79 Å². The molecule has 0 radical (unpaired) electrons. The van der Waals surface area contributed by atoms with Gasteiger partial charge in [0.15, 0.2) is 5.96 Å². The van der Waals surface area contributed by atoms with E-state index in [-0.39, 0.29) is 29.9 Å². The van der Waals surface area contributed by atoms with E-state index >= 15 is 0 Å². The largest absolute Gasteiger partial charge is 0.357 e. The number of carbonyl (C=O) groups is 1. The molecule has 0 bridgehead atoms. The molecule has 0 aliphatic heterocycles. The van der Waals surface area contributed by atoms with Crippen molar-refractivity contribution in [2.45, 2.75) is 20.8 Å². The number of nitrogens with zero attached hydrogens (tertiary/aromatic N) is 1. The van der Waals surface area contributed by atoms with E-state index < -0.39 is 0 Å². The Bertz CT molecular complexity index is 455. The molecule has 0 aliphatic carbocycles. The second-order valence-corrected chi connectivity index (χ2v) is 4.42. The second-order valence-electron chi connectivity index (χ2n) is 4.42. The lowest BCUT2D eigenvalue weighted by Crippen LogP contribution is -2.37. The van der Waals surface area contributed by atoms with Crippen LogP contribution in [0.1, 0.15) is 29.8 Å². The molecule has 0 saturated carbocycles. The summed E-state index contributed by atoms with van der Waals surface area (Å²) in [6.07, 6.45) is 0. The first kappa shape index (κ1) is 19.7. The minimum absolute atomic E-state index is 0. The molecule has 0 heterocycles. The van der Waals surface area contributed by atoms with Crippen molar-refractivity contribution in [1.82, 2.24) is 16.0 Å². The summed E-state index contributed by atoms with van der Waals surface area (Å²) in [7, 11) is 0. The fraction of sp³-hybridized carbons (Fsp3) is 0.467. The number of rotatable bonds is 6. The molecule has 1 rings (SSSR count). The standard InChI is InChI=1S/C15H24N4O.HI/c1-4-16-15(17-5-2)19-10-9-18-14(20)13-8-6-7-12(3)11-13;/h6-8,11H,4-5,9-10H2,1-3H3,(H,18,20)(H2,16,17,19);1H. The number of hydrogen-bond donors (Lipinski definition) is 3. The number of aliphatic imine (C=N–C) groups is 1. The van der Waals surface area contributed by atoms with Gasteiger partial charge in [-0.15, -0.1) is 24.0 Å². The molecule has 1 aromatic rings. The third-order valence-corrected chi connectivity index (χ3v) is 2.64. The number of aryl methyl sites for hydroxylation is 1. The van der Waals surface area contributed by atoms with Crippen LogP contribution in [0.2, 0.25) is 0 Å². The molecule has 0 spiro atoms. The Balaban J connectivity index is 0.00000400. The van der Waals surface area contributed by atoms with Gasteiger partial charge in [0.05, 0.1) is 6.54 Å². The van der Waals surface area contributed by atoms with Gasteiger partial charge >= 0.3 is 0 Å². The van der Waals surface area contributed by atoms with Crippen LogP contribution in [-0.2, 0) is 0 Å². The Morgan fingerprint density at radius 3 is 2.38 bits per heavy atom. The maximum absolute atomic E-state index is 11.9. The van der Waals surface area contributed by atoms with Gasteiger partial charge in [-0.1, -0.05) is 17.7 Å². The van der Waals surface area contributed by atoms with E-state index in [2.05, 4.69) is 20.9 Å². The molecule has 0 atom stereocenters. The number of halogens is 1. The lowest BCUT2D eigenvalue weighted by Gasteiger charge is -2.09. The van der Waals surface area contributed by atoms with E-state index in [1.807, 2.05) is 45.0 Å². The maximum atomic E-state index is 11.9. The van der Waals surface area contributed by atoms with Gasteiger partial charge in [-0.2, -0.15) is 0 Å². The number of guanidine groups is 1. The molecule has 21 heavy (non-hydrogen) atoms. The third kappa shape index (κ3) is 7.89. The Morgan fingerprint density at radius 1 is 1.14 bits per heavy atom. The van der Waals surface area contributed by atoms with E-state index in [0.717, 1.165) is 24.6 Å². The van der Waals surface area contributed by atoms with Crippen molar-refractivity contribution >= 4 is 35.8 Å². The van der Waals surface area contributed by atoms with Gasteiger partial charge in [0, 0.05) is 25.2 Å². The molecule has 0 unspecified atom stereocenters. The van der Waals surface area contributed by atoms with Crippen molar-refractivity contribution < 1.29 is 4.79 Å². The predicted molar refractivity (Wildman–Crippen MR) is 98.6 cm³/mol. The summed E-state index contributed by atoms with van der Waals surface area (Å²) in [5.41, 5.74) is 1.77. The summed E-state index contributed by atoms with van der Waals surface area (Å²) in [6, 6.07) is 7.55. The van der Waals surface area contributed by atoms with Crippen LogP contribution in [0.15, 0.2) is 29.3 Å². The average Bonchev–Trinajstić information content (AvgIpc) is 2.43. The summed E-state index contributed by atoms with van der Waals surface area (Å²) in [6.45, 7) is 8.72. The van der Waals surface area contributed by atoms with Gasteiger partial charge in [0.1, 0.15) is 0 Å². The number of benzene rings is 1. The highest BCUT2D eigenvalue weighted by Crippen LogP contribution is 2.03. The Hall–Kier alpha value is -1.31. The highest BCUT2D eigenvalue weighted by atomic mass is 127. The molecule has 0 aliphatic rings. The van der Waals surface area contributed by atoms with Crippen molar-refractivity contribution in [1.29, 1.82) is 0 Å². The van der Waals surface area contributed by atoms with Gasteiger partial charge in [0.25, 0.3) is 5.91 Å². The van der Waals surface area contributed by atoms with E-state index in [1.54, 1.807) is 0 Å². The molecule has 118 valence electrons. The normalized spacial score (nSPS) is 9.29. The van der Waals surface area contributed by atoms with Gasteiger partial charge < -0.3 is 16.0 Å². The van der Waals surface area contributed by atoms with Crippen LogP contribution in [0.4, 0.5) is 0 Å². The van der Waals surface area contributed by atoms with E-state index in [4.69, 9.17) is 0 Å². The molecule has 3 N–H and O–H groups in total. The quantitative estimate of drug-likeness (QED) is 0.294. The summed E-state index contributed by atoms with van der Waals surface area (Å²) in [5.74, 6) is 0.720. The van der Waals surface area contributed by atoms with Crippen LogP contribution >= 0.6 is 24.0 Å². The monoisotopic (exact) mass is 404 g/mol. The van der Waals surface area contributed by atoms with Crippen LogP contribution in [0.3, 0.4) is 0 Å². The molecule has 6 heteroatoms. The highest BCUT2D eigenvalue weighted by molar-refractivity contribution is 14.0. The van der Waals surface area contributed by atoms with Crippen molar-refractivity contribution in [2.75, 3.05) is 26.2 Å². The molecular weight excluding hydrogens is 379 g/mol. The van der Waals surface area contributed by atoms with Gasteiger partial charge in [-0.05, 0) is 32.9 Å². The summed E-state index contributed by atoms with van der Waals surface area (Å²) in [5, 5.41) is 9.14. The Kier molecular flexibility index (Phi) is 10.7. The Morgan fingerprint density at radius 2 is 1.81 bits per heavy atom. The molecule has 0 saturated heterocycles. The maximum Gasteiger partial charge on any atom is 0.251 e. The third-order valence-electron chi connectivity index (χ3n) is 2.64. The fourth-order valence-corrected chi connectivity index (χ4v) is 1.73. The summed E-state index contributed by atoms with van der Waals surface area (Å²) >= 11 is 0. The first-order valence-electron chi connectivity index (χ1n) is 7.04. The number of nitrogens with one attached hydrogen (secondary N) is 3. The smallest absolute Gasteiger partial charge is 0.251 e. The van der Waals surface area contributed by atoms with Gasteiger partial charge in [0.2, 0.25) is 0 Å². The van der Waals surface area contributed by atoms with Crippen molar-refractivity contribution in [3.8, 4) is 0 Å². The zero-order valence-electron chi connectivity index (χ0n) is 12.9. The summed E-state index contributed by atoms with van der Waals surface area (Å²) in [4.78, 5) is 16.3. The first-order chi connectivity index (χ1) is 9.67. The molecule has 5 nitrogen and oxygen atoms in total. The predicted octanol–water partition coefficient (Wildman–Crippen LogP) is 1.92. The lowest BCUT2D eigenvalue weighted by molar-refractivity contribution is 0.0954. The van der Waals surface area contributed by atoms with Crippen LogP contribution in [-0.4, -0.2) is 38.0 Å². The van der Waals surface area contributed by atoms with Crippen LogP contribution in [0.5, 0.6) is 0 Å². The van der Waals surface area contributed by atoms with Crippen LogP contribution in [0, 0.1) is 6.92 Å². The first-order valence-corrected chi connectivity index (χ1v) is 7.04. The molecule has 0 aromatic heterocycles. The average molecular weight is 404 g/mol. The van der Waals surface area contributed by atoms with E-state index in [1.165, 1.54) is 0 Å². The SMILES string of the molecule is CCNC(=NCCNC(=O)c1cccc(C)c1)NCC.I. The molecular formula is C15H25IN4O. The Labute approximate surface area is 144 Å². The van der Waals surface area contributed by atoms with Crippen molar-refractivity contribution in [3.63, 3.8) is 0 Å². The number of amides is 1.